The number of hydrogen-bond donors (Lipinski definition) is 1. The molecule has 0 saturated heterocycles. The van der Waals surface area contributed by atoms with Gasteiger partial charge in [-0.25, -0.2) is 4.99 Å². The molecule has 0 amide bonds. The van der Waals surface area contributed by atoms with Gasteiger partial charge in [-0.05, 0) is 43.3 Å². The molecule has 2 aromatic carbocycles. The first kappa shape index (κ1) is 15.5. The number of hydrogen-bond acceptors (Lipinski definition) is 4. The van der Waals surface area contributed by atoms with Crippen molar-refractivity contribution >= 4 is 38.9 Å². The molecule has 2 aromatic rings. The molecule has 3 rings (SSSR count). The van der Waals surface area contributed by atoms with Gasteiger partial charge in [0.25, 0.3) is 0 Å². The number of carbonyl (C=O) groups excluding carboxylic acids is 1. The lowest BCUT2D eigenvalue weighted by molar-refractivity contribution is 0.104. The van der Waals surface area contributed by atoms with E-state index in [2.05, 4.69) is 20.9 Å². The Morgan fingerprint density at radius 2 is 2.09 bits per heavy atom. The molecule has 0 aromatic heterocycles. The minimum atomic E-state index is -0.293. The number of phenolic OH excluding ortho intramolecular Hbond substituents is 1. The molecule has 0 fully saturated rings. The maximum Gasteiger partial charge on any atom is 0.222 e. The predicted molar refractivity (Wildman–Crippen MR) is 93.3 cm³/mol. The number of halogens is 1. The number of ether oxygens (including phenoxy) is 1. The number of aliphatic imine (C=N–C) groups is 1. The molecule has 1 heterocycles. The second-order valence-corrected chi connectivity index (χ2v) is 5.87. The number of aromatic hydroxyl groups is 1. The number of phenols is 1. The lowest BCUT2D eigenvalue weighted by Gasteiger charge is -2.06. The third kappa shape index (κ3) is 3.05. The average Bonchev–Trinajstić information content (AvgIpc) is 2.85. The summed E-state index contributed by atoms with van der Waals surface area (Å²) in [5.41, 5.74) is 2.45. The SMILES string of the molecule is CCOC1=Nc2ccc(Br)cc2/C1=C\C(=O)c1ccccc1O. The number of para-hydroxylation sites is 1. The molecule has 0 bridgehead atoms. The van der Waals surface area contributed by atoms with E-state index in [1.165, 1.54) is 12.1 Å². The molecule has 1 aliphatic heterocycles. The van der Waals surface area contributed by atoms with Gasteiger partial charge in [0.15, 0.2) is 5.78 Å². The standard InChI is InChI=1S/C18H14BrNO3/c1-2-23-18-14(13-9-11(19)7-8-15(13)20-18)10-17(22)12-5-3-4-6-16(12)21/h3-10,21H,2H2,1H3/b14-10+. The molecule has 0 saturated carbocycles. The van der Waals surface area contributed by atoms with Gasteiger partial charge in [-0.15, -0.1) is 0 Å². The van der Waals surface area contributed by atoms with Crippen LogP contribution in [0.5, 0.6) is 5.75 Å². The van der Waals surface area contributed by atoms with Crippen molar-refractivity contribution in [3.8, 4) is 5.75 Å². The molecule has 0 aliphatic carbocycles. The van der Waals surface area contributed by atoms with E-state index in [4.69, 9.17) is 4.74 Å². The Kier molecular flexibility index (Phi) is 4.30. The zero-order valence-electron chi connectivity index (χ0n) is 12.4. The highest BCUT2D eigenvalue weighted by atomic mass is 79.9. The van der Waals surface area contributed by atoms with Crippen molar-refractivity contribution in [2.45, 2.75) is 6.92 Å². The first-order valence-electron chi connectivity index (χ1n) is 7.16. The molecule has 0 unspecified atom stereocenters. The van der Waals surface area contributed by atoms with Crippen molar-refractivity contribution in [1.29, 1.82) is 0 Å². The molecule has 0 radical (unpaired) electrons. The van der Waals surface area contributed by atoms with Crippen molar-refractivity contribution in [1.82, 2.24) is 0 Å². The summed E-state index contributed by atoms with van der Waals surface area (Å²) in [6, 6.07) is 12.1. The molecule has 5 heteroatoms. The van der Waals surface area contributed by atoms with Crippen LogP contribution >= 0.6 is 15.9 Å². The van der Waals surface area contributed by atoms with Gasteiger partial charge in [0, 0.05) is 10.0 Å². The van der Waals surface area contributed by atoms with Crippen LogP contribution in [-0.2, 0) is 4.74 Å². The summed E-state index contributed by atoms with van der Waals surface area (Å²) in [7, 11) is 0. The molecule has 0 atom stereocenters. The van der Waals surface area contributed by atoms with Gasteiger partial charge in [0.05, 0.1) is 23.4 Å². The second-order valence-electron chi connectivity index (χ2n) is 4.95. The number of nitrogens with zero attached hydrogens (tertiary/aromatic N) is 1. The highest BCUT2D eigenvalue weighted by Gasteiger charge is 2.24. The molecule has 1 N–H and O–H groups in total. The first-order chi connectivity index (χ1) is 11.1. The molecule has 1 aliphatic rings. The summed E-state index contributed by atoms with van der Waals surface area (Å²) in [5.74, 6) is 0.0828. The number of benzene rings is 2. The Morgan fingerprint density at radius 3 is 2.83 bits per heavy atom. The fourth-order valence-electron chi connectivity index (χ4n) is 2.38. The fourth-order valence-corrected chi connectivity index (χ4v) is 2.74. The van der Waals surface area contributed by atoms with E-state index in [9.17, 15) is 9.90 Å². The number of allylic oxidation sites excluding steroid dienone is 1. The largest absolute Gasteiger partial charge is 0.507 e. The molecule has 0 spiro atoms. The van der Waals surface area contributed by atoms with Gasteiger partial charge in [-0.1, -0.05) is 28.1 Å². The van der Waals surface area contributed by atoms with Crippen LogP contribution < -0.4 is 0 Å². The average molecular weight is 372 g/mol. The minimum absolute atomic E-state index is 0.0447. The van der Waals surface area contributed by atoms with E-state index >= 15 is 0 Å². The lowest BCUT2D eigenvalue weighted by atomic mass is 10.0. The molecular weight excluding hydrogens is 358 g/mol. The van der Waals surface area contributed by atoms with Crippen LogP contribution in [0.3, 0.4) is 0 Å². The first-order valence-corrected chi connectivity index (χ1v) is 7.95. The Morgan fingerprint density at radius 1 is 1.30 bits per heavy atom. The van der Waals surface area contributed by atoms with E-state index in [1.54, 1.807) is 18.2 Å². The minimum Gasteiger partial charge on any atom is -0.507 e. The van der Waals surface area contributed by atoms with Crippen LogP contribution in [0.25, 0.3) is 5.57 Å². The lowest BCUT2D eigenvalue weighted by Crippen LogP contribution is -2.06. The summed E-state index contributed by atoms with van der Waals surface area (Å²) < 4.78 is 6.45. The summed E-state index contributed by atoms with van der Waals surface area (Å²) in [5, 5.41) is 9.84. The van der Waals surface area contributed by atoms with Gasteiger partial charge in [-0.2, -0.15) is 0 Å². The topological polar surface area (TPSA) is 58.9 Å². The van der Waals surface area contributed by atoms with Crippen LogP contribution in [-0.4, -0.2) is 23.4 Å². The van der Waals surface area contributed by atoms with Crippen molar-refractivity contribution in [3.63, 3.8) is 0 Å². The third-order valence-electron chi connectivity index (χ3n) is 3.43. The van der Waals surface area contributed by atoms with Crippen molar-refractivity contribution in [2.75, 3.05) is 6.61 Å². The van der Waals surface area contributed by atoms with E-state index in [-0.39, 0.29) is 17.1 Å². The second kappa shape index (κ2) is 6.38. The van der Waals surface area contributed by atoms with Crippen LogP contribution in [0.4, 0.5) is 5.69 Å². The van der Waals surface area contributed by atoms with Crippen LogP contribution in [0.1, 0.15) is 22.8 Å². The van der Waals surface area contributed by atoms with Crippen molar-refractivity contribution < 1.29 is 14.6 Å². The number of fused-ring (bicyclic) bond motifs is 1. The number of ketones is 1. The maximum atomic E-state index is 12.5. The maximum absolute atomic E-state index is 12.5. The van der Waals surface area contributed by atoms with Gasteiger partial charge in [-0.3, -0.25) is 4.79 Å². The zero-order chi connectivity index (χ0) is 16.4. The van der Waals surface area contributed by atoms with E-state index in [1.807, 2.05) is 25.1 Å². The van der Waals surface area contributed by atoms with E-state index in [0.29, 0.717) is 18.1 Å². The van der Waals surface area contributed by atoms with Crippen LogP contribution in [0.2, 0.25) is 0 Å². The quantitative estimate of drug-likeness (QED) is 0.638. The van der Waals surface area contributed by atoms with E-state index < -0.39 is 0 Å². The third-order valence-corrected chi connectivity index (χ3v) is 3.92. The molecule has 116 valence electrons. The Bertz CT molecular complexity index is 840. The van der Waals surface area contributed by atoms with Gasteiger partial charge >= 0.3 is 0 Å². The van der Waals surface area contributed by atoms with Crippen molar-refractivity contribution in [2.24, 2.45) is 4.99 Å². The van der Waals surface area contributed by atoms with E-state index in [0.717, 1.165) is 15.7 Å². The highest BCUT2D eigenvalue weighted by molar-refractivity contribution is 9.10. The fraction of sp³-hybridized carbons (Fsp3) is 0.111. The zero-order valence-corrected chi connectivity index (χ0v) is 14.0. The molecule has 23 heavy (non-hydrogen) atoms. The number of carbonyl (C=O) groups is 1. The van der Waals surface area contributed by atoms with Gasteiger partial charge in [0.1, 0.15) is 5.75 Å². The summed E-state index contributed by atoms with van der Waals surface area (Å²) in [4.78, 5) is 16.9. The smallest absolute Gasteiger partial charge is 0.222 e. The normalized spacial score (nSPS) is 14.5. The Labute approximate surface area is 142 Å². The van der Waals surface area contributed by atoms with Crippen LogP contribution in [0, 0.1) is 0 Å². The molecule has 4 nitrogen and oxygen atoms in total. The van der Waals surface area contributed by atoms with Gasteiger partial charge in [0.2, 0.25) is 5.90 Å². The summed E-state index contributed by atoms with van der Waals surface area (Å²) >= 11 is 3.43. The summed E-state index contributed by atoms with van der Waals surface area (Å²) in [6.45, 7) is 2.32. The van der Waals surface area contributed by atoms with Crippen molar-refractivity contribution in [3.05, 3.63) is 64.1 Å². The monoisotopic (exact) mass is 371 g/mol. The Balaban J connectivity index is 2.06. The highest BCUT2D eigenvalue weighted by Crippen LogP contribution is 2.37. The predicted octanol–water partition coefficient (Wildman–Crippen LogP) is 4.50. The number of rotatable bonds is 3. The molecular formula is C18H14BrNO3. The summed E-state index contributed by atoms with van der Waals surface area (Å²) in [6.07, 6.45) is 1.46. The van der Waals surface area contributed by atoms with Gasteiger partial charge < -0.3 is 9.84 Å². The Hall–Kier alpha value is -2.40. The van der Waals surface area contributed by atoms with Crippen LogP contribution in [0.15, 0.2) is 58.0 Å².